The first-order chi connectivity index (χ1) is 13.2. The van der Waals surface area contributed by atoms with Gasteiger partial charge in [0.25, 0.3) is 0 Å². The highest BCUT2D eigenvalue weighted by atomic mass is 32.2. The molecule has 0 aromatic heterocycles. The average molecular weight is 405 g/mol. The molecule has 2 N–H and O–H groups in total. The maximum absolute atomic E-state index is 12.3. The van der Waals surface area contributed by atoms with Crippen LogP contribution in [0.4, 0.5) is 4.79 Å². The third-order valence-corrected chi connectivity index (χ3v) is 4.87. The van der Waals surface area contributed by atoms with Crippen molar-refractivity contribution >= 4 is 22.2 Å². The van der Waals surface area contributed by atoms with E-state index >= 15 is 0 Å². The summed E-state index contributed by atoms with van der Waals surface area (Å²) in [6.45, 7) is 2.82. The van der Waals surface area contributed by atoms with Crippen LogP contribution in [-0.2, 0) is 30.4 Å². The van der Waals surface area contributed by atoms with E-state index in [2.05, 4.69) is 0 Å². The molecule has 2 aromatic rings. The molecule has 2 aromatic carbocycles. The van der Waals surface area contributed by atoms with E-state index in [1.54, 1.807) is 49.4 Å². The van der Waals surface area contributed by atoms with Crippen LogP contribution in [0.1, 0.15) is 18.1 Å². The summed E-state index contributed by atoms with van der Waals surface area (Å²) in [5.74, 6) is -2.09. The maximum Gasteiger partial charge on any atom is 0.412 e. The SMILES string of the molecule is C/C(OS(=O)(=O)c1ccc(C)cc1)=C(\NC(=O)OCc1ccccc1)C(=O)O. The van der Waals surface area contributed by atoms with Crippen LogP contribution in [0.3, 0.4) is 0 Å². The Balaban J connectivity index is 2.11. The fourth-order valence-electron chi connectivity index (χ4n) is 2.11. The van der Waals surface area contributed by atoms with E-state index in [1.807, 2.05) is 5.32 Å². The molecule has 0 bridgehead atoms. The van der Waals surface area contributed by atoms with E-state index in [-0.39, 0.29) is 11.5 Å². The van der Waals surface area contributed by atoms with Gasteiger partial charge in [0.15, 0.2) is 5.70 Å². The lowest BCUT2D eigenvalue weighted by Crippen LogP contribution is -2.29. The number of ether oxygens (including phenoxy) is 1. The Bertz CT molecular complexity index is 981. The molecular weight excluding hydrogens is 386 g/mol. The second-order valence-corrected chi connectivity index (χ2v) is 7.32. The largest absolute Gasteiger partial charge is 0.476 e. The molecule has 0 saturated heterocycles. The van der Waals surface area contributed by atoms with Gasteiger partial charge in [-0.05, 0) is 31.5 Å². The van der Waals surface area contributed by atoms with Gasteiger partial charge in [-0.25, -0.2) is 9.59 Å². The topological polar surface area (TPSA) is 119 Å². The number of aryl methyl sites for hydroxylation is 1. The van der Waals surface area contributed by atoms with Gasteiger partial charge in [0.1, 0.15) is 17.3 Å². The molecule has 1 amide bonds. The Kier molecular flexibility index (Phi) is 6.78. The molecule has 0 heterocycles. The molecule has 0 radical (unpaired) electrons. The van der Waals surface area contributed by atoms with E-state index in [9.17, 15) is 23.1 Å². The maximum atomic E-state index is 12.3. The molecule has 0 atom stereocenters. The van der Waals surface area contributed by atoms with Crippen molar-refractivity contribution < 1.29 is 32.0 Å². The zero-order valence-electron chi connectivity index (χ0n) is 15.2. The summed E-state index contributed by atoms with van der Waals surface area (Å²) in [7, 11) is -4.26. The molecule has 0 spiro atoms. The van der Waals surface area contributed by atoms with Crippen LogP contribution in [-0.4, -0.2) is 25.6 Å². The number of hydrogen-bond acceptors (Lipinski definition) is 6. The number of carboxylic acids is 1. The average Bonchev–Trinajstić information content (AvgIpc) is 2.65. The number of alkyl carbamates (subject to hydrolysis) is 1. The van der Waals surface area contributed by atoms with Crippen molar-refractivity contribution in [2.75, 3.05) is 0 Å². The molecule has 148 valence electrons. The number of carbonyl (C=O) groups is 2. The number of aliphatic carboxylic acids is 1. The first kappa shape index (κ1) is 21.0. The molecule has 0 saturated carbocycles. The summed E-state index contributed by atoms with van der Waals surface area (Å²) in [6, 6.07) is 14.6. The summed E-state index contributed by atoms with van der Waals surface area (Å²) in [5.41, 5.74) is 0.808. The summed E-state index contributed by atoms with van der Waals surface area (Å²) in [4.78, 5) is 23.1. The van der Waals surface area contributed by atoms with Crippen molar-refractivity contribution in [1.82, 2.24) is 5.32 Å². The van der Waals surface area contributed by atoms with Crippen LogP contribution < -0.4 is 5.32 Å². The normalized spacial score (nSPS) is 11.9. The summed E-state index contributed by atoms with van der Waals surface area (Å²) in [6.07, 6.45) is -1.06. The first-order valence-corrected chi connectivity index (χ1v) is 9.53. The second kappa shape index (κ2) is 9.05. The predicted molar refractivity (Wildman–Crippen MR) is 99.5 cm³/mol. The Morgan fingerprint density at radius 3 is 2.21 bits per heavy atom. The van der Waals surface area contributed by atoms with Crippen LogP contribution >= 0.6 is 0 Å². The van der Waals surface area contributed by atoms with Crippen molar-refractivity contribution in [3.63, 3.8) is 0 Å². The van der Waals surface area contributed by atoms with Crippen molar-refractivity contribution in [3.05, 3.63) is 77.2 Å². The van der Waals surface area contributed by atoms with Crippen LogP contribution in [0.15, 0.2) is 70.9 Å². The molecule has 8 nitrogen and oxygen atoms in total. The minimum atomic E-state index is -4.26. The quantitative estimate of drug-likeness (QED) is 0.413. The lowest BCUT2D eigenvalue weighted by atomic mass is 10.2. The zero-order valence-corrected chi connectivity index (χ0v) is 16.0. The minimum Gasteiger partial charge on any atom is -0.476 e. The molecule has 0 fully saturated rings. The second-order valence-electron chi connectivity index (χ2n) is 5.77. The summed E-state index contributed by atoms with van der Waals surface area (Å²) in [5, 5.41) is 11.3. The van der Waals surface area contributed by atoms with E-state index in [0.29, 0.717) is 5.56 Å². The minimum absolute atomic E-state index is 0.0822. The van der Waals surface area contributed by atoms with Gasteiger partial charge in [-0.15, -0.1) is 0 Å². The van der Waals surface area contributed by atoms with E-state index in [4.69, 9.17) is 8.92 Å². The molecule has 9 heteroatoms. The Morgan fingerprint density at radius 2 is 1.64 bits per heavy atom. The molecule has 0 aliphatic carbocycles. The highest BCUT2D eigenvalue weighted by Crippen LogP contribution is 2.18. The number of benzene rings is 2. The van der Waals surface area contributed by atoms with Gasteiger partial charge in [0.05, 0.1) is 0 Å². The monoisotopic (exact) mass is 405 g/mol. The van der Waals surface area contributed by atoms with E-state index in [0.717, 1.165) is 12.5 Å². The highest BCUT2D eigenvalue weighted by Gasteiger charge is 2.23. The van der Waals surface area contributed by atoms with Crippen LogP contribution in [0.25, 0.3) is 0 Å². The zero-order chi connectivity index (χ0) is 20.7. The van der Waals surface area contributed by atoms with E-state index < -0.39 is 33.6 Å². The lowest BCUT2D eigenvalue weighted by Gasteiger charge is -2.12. The van der Waals surface area contributed by atoms with Crippen LogP contribution in [0.2, 0.25) is 0 Å². The summed E-state index contributed by atoms with van der Waals surface area (Å²) < 4.78 is 34.4. The number of amides is 1. The van der Waals surface area contributed by atoms with Gasteiger partial charge in [-0.2, -0.15) is 8.42 Å². The van der Waals surface area contributed by atoms with E-state index in [1.165, 1.54) is 12.1 Å². The highest BCUT2D eigenvalue weighted by molar-refractivity contribution is 7.86. The Morgan fingerprint density at radius 1 is 1.04 bits per heavy atom. The standard InChI is InChI=1S/C19H19NO7S/c1-13-8-10-16(11-9-13)28(24,25)27-14(2)17(18(21)22)20-19(23)26-12-15-6-4-3-5-7-15/h3-11H,12H2,1-2H3,(H,20,23)(H,21,22)/b17-14+. The Hall–Kier alpha value is -3.33. The number of allylic oxidation sites excluding steroid dienone is 1. The number of hydrogen-bond donors (Lipinski definition) is 2. The molecule has 0 aliphatic heterocycles. The smallest absolute Gasteiger partial charge is 0.412 e. The van der Waals surface area contributed by atoms with Crippen molar-refractivity contribution in [2.24, 2.45) is 0 Å². The molecule has 0 unspecified atom stereocenters. The number of nitrogens with one attached hydrogen (secondary N) is 1. The fraction of sp³-hybridized carbons (Fsp3) is 0.158. The van der Waals surface area contributed by atoms with Crippen molar-refractivity contribution in [3.8, 4) is 0 Å². The van der Waals surface area contributed by atoms with Gasteiger partial charge in [0.2, 0.25) is 0 Å². The third kappa shape index (κ3) is 5.85. The Labute approximate surface area is 162 Å². The van der Waals surface area contributed by atoms with Gasteiger partial charge < -0.3 is 14.0 Å². The molecular formula is C19H19NO7S. The van der Waals surface area contributed by atoms with Crippen LogP contribution in [0.5, 0.6) is 0 Å². The number of carboxylic acid groups (broad SMARTS) is 1. The molecule has 28 heavy (non-hydrogen) atoms. The molecule has 2 rings (SSSR count). The number of rotatable bonds is 7. The predicted octanol–water partition coefficient (Wildman–Crippen LogP) is 2.94. The first-order valence-electron chi connectivity index (χ1n) is 8.12. The summed E-state index contributed by atoms with van der Waals surface area (Å²) >= 11 is 0. The van der Waals surface area contributed by atoms with Gasteiger partial charge >= 0.3 is 22.2 Å². The van der Waals surface area contributed by atoms with Crippen molar-refractivity contribution in [2.45, 2.75) is 25.3 Å². The van der Waals surface area contributed by atoms with Gasteiger partial charge in [0, 0.05) is 0 Å². The van der Waals surface area contributed by atoms with Gasteiger partial charge in [-0.3, -0.25) is 5.32 Å². The fourth-order valence-corrected chi connectivity index (χ4v) is 3.09. The van der Waals surface area contributed by atoms with Crippen molar-refractivity contribution in [1.29, 1.82) is 0 Å². The molecule has 0 aliphatic rings. The van der Waals surface area contributed by atoms with Crippen LogP contribution in [0, 0.1) is 6.92 Å². The lowest BCUT2D eigenvalue weighted by molar-refractivity contribution is -0.133. The third-order valence-electron chi connectivity index (χ3n) is 3.55. The number of carbonyl (C=O) groups excluding carboxylic acids is 1. The van der Waals surface area contributed by atoms with Gasteiger partial charge in [-0.1, -0.05) is 48.0 Å².